The van der Waals surface area contributed by atoms with Crippen molar-refractivity contribution in [3.8, 4) is 17.6 Å². The maximum absolute atomic E-state index is 13.8. The van der Waals surface area contributed by atoms with E-state index in [0.717, 1.165) is 9.13 Å². The largest absolute Gasteiger partial charge is 0.490 e. The minimum absolute atomic E-state index is 0.000756. The maximum Gasteiger partial charge on any atom is 0.266 e. The normalized spacial score (nSPS) is 10.9. The van der Waals surface area contributed by atoms with Gasteiger partial charge in [-0.15, -0.1) is 0 Å². The minimum Gasteiger partial charge on any atom is -0.490 e. The summed E-state index contributed by atoms with van der Waals surface area (Å²) in [6.07, 6.45) is 1.42. The highest BCUT2D eigenvalue weighted by Crippen LogP contribution is 2.35. The van der Waals surface area contributed by atoms with E-state index in [0.29, 0.717) is 35.3 Å². The molecule has 0 unspecified atom stereocenters. The van der Waals surface area contributed by atoms with E-state index in [1.807, 2.05) is 25.1 Å². The second-order valence-electron chi connectivity index (χ2n) is 6.78. The van der Waals surface area contributed by atoms with Gasteiger partial charge in [-0.3, -0.25) is 4.79 Å². The smallest absolute Gasteiger partial charge is 0.266 e. The van der Waals surface area contributed by atoms with Crippen LogP contribution in [0.4, 0.5) is 10.1 Å². The molecule has 168 valence electrons. The van der Waals surface area contributed by atoms with Crippen molar-refractivity contribution in [2.24, 2.45) is 0 Å². The fourth-order valence-electron chi connectivity index (χ4n) is 2.88. The zero-order valence-electron chi connectivity index (χ0n) is 17.6. The van der Waals surface area contributed by atoms with E-state index < -0.39 is 11.7 Å². The summed E-state index contributed by atoms with van der Waals surface area (Å²) in [6, 6.07) is 18.4. The van der Waals surface area contributed by atoms with Crippen LogP contribution in [0, 0.1) is 20.7 Å². The van der Waals surface area contributed by atoms with Gasteiger partial charge in [0.2, 0.25) is 0 Å². The van der Waals surface area contributed by atoms with E-state index >= 15 is 0 Å². The lowest BCUT2D eigenvalue weighted by Gasteiger charge is -2.15. The van der Waals surface area contributed by atoms with Gasteiger partial charge in [0.15, 0.2) is 11.5 Å². The lowest BCUT2D eigenvalue weighted by molar-refractivity contribution is -0.112. The molecule has 1 N–H and O–H groups in total. The zero-order valence-corrected chi connectivity index (χ0v) is 20.5. The average Bonchev–Trinajstić information content (AvgIpc) is 2.79. The molecule has 8 heteroatoms. The van der Waals surface area contributed by atoms with Crippen LogP contribution in [0.3, 0.4) is 0 Å². The molecule has 0 aliphatic heterocycles. The quantitative estimate of drug-likeness (QED) is 0.186. The van der Waals surface area contributed by atoms with Crippen LogP contribution in [0.5, 0.6) is 11.5 Å². The Kier molecular flexibility index (Phi) is 8.69. The summed E-state index contributed by atoms with van der Waals surface area (Å²) < 4.78 is 26.3. The van der Waals surface area contributed by atoms with Crippen LogP contribution in [-0.4, -0.2) is 12.5 Å². The van der Waals surface area contributed by atoms with Crippen molar-refractivity contribution in [2.45, 2.75) is 13.5 Å². The Morgan fingerprint density at radius 2 is 1.91 bits per heavy atom. The van der Waals surface area contributed by atoms with Crippen molar-refractivity contribution < 1.29 is 18.7 Å². The monoisotopic (exact) mass is 576 g/mol. The molecule has 0 aliphatic carbocycles. The number of anilines is 1. The van der Waals surface area contributed by atoms with E-state index in [1.165, 1.54) is 24.3 Å². The summed E-state index contributed by atoms with van der Waals surface area (Å²) in [7, 11) is 0. The highest BCUT2D eigenvalue weighted by atomic mass is 127. The SMILES string of the molecule is CCOc1cc(/C=C(/C#N)C(=O)Nc2ccccc2F)cc(I)c1OCc1ccc(Cl)cc1. The number of hydrogen-bond acceptors (Lipinski definition) is 4. The van der Waals surface area contributed by atoms with Crippen molar-refractivity contribution in [2.75, 3.05) is 11.9 Å². The molecule has 3 aromatic rings. The molecule has 0 aliphatic rings. The standard InChI is InChI=1S/C25H19ClFIN2O3/c1-2-32-23-13-17(11-18(14-29)25(31)30-22-6-4-3-5-20(22)27)12-21(28)24(23)33-15-16-7-9-19(26)10-8-16/h3-13H,2,15H2,1H3,(H,30,31)/b18-11-. The van der Waals surface area contributed by atoms with Gasteiger partial charge in [0.25, 0.3) is 5.91 Å². The predicted molar refractivity (Wildman–Crippen MR) is 135 cm³/mol. The third kappa shape index (κ3) is 6.70. The molecule has 0 fully saturated rings. The fraction of sp³-hybridized carbons (Fsp3) is 0.120. The third-order valence-electron chi connectivity index (χ3n) is 4.43. The van der Waals surface area contributed by atoms with Crippen LogP contribution in [0.15, 0.2) is 66.2 Å². The summed E-state index contributed by atoms with van der Waals surface area (Å²) >= 11 is 8.04. The van der Waals surface area contributed by atoms with Crippen LogP contribution in [0.2, 0.25) is 5.02 Å². The topological polar surface area (TPSA) is 71.3 Å². The second-order valence-corrected chi connectivity index (χ2v) is 8.38. The van der Waals surface area contributed by atoms with Crippen molar-refractivity contribution >= 4 is 51.9 Å². The molecule has 0 bridgehead atoms. The molecule has 5 nitrogen and oxygen atoms in total. The van der Waals surface area contributed by atoms with Crippen molar-refractivity contribution in [1.82, 2.24) is 0 Å². The summed E-state index contributed by atoms with van der Waals surface area (Å²) in [6.45, 7) is 2.57. The molecule has 3 rings (SSSR count). The van der Waals surface area contributed by atoms with E-state index in [4.69, 9.17) is 21.1 Å². The van der Waals surface area contributed by atoms with Crippen LogP contribution < -0.4 is 14.8 Å². The molecule has 0 radical (unpaired) electrons. The number of nitriles is 1. The van der Waals surface area contributed by atoms with Gasteiger partial charge in [-0.25, -0.2) is 4.39 Å². The first-order valence-electron chi connectivity index (χ1n) is 9.92. The van der Waals surface area contributed by atoms with Gasteiger partial charge in [-0.2, -0.15) is 5.26 Å². The molecule has 0 heterocycles. The summed E-state index contributed by atoms with van der Waals surface area (Å²) in [5, 5.41) is 12.6. The van der Waals surface area contributed by atoms with E-state index in [-0.39, 0.29) is 11.3 Å². The Morgan fingerprint density at radius 1 is 1.18 bits per heavy atom. The van der Waals surface area contributed by atoms with Crippen LogP contribution in [-0.2, 0) is 11.4 Å². The molecular formula is C25H19ClFIN2O3. The van der Waals surface area contributed by atoms with Crippen LogP contribution in [0.1, 0.15) is 18.1 Å². The van der Waals surface area contributed by atoms with Crippen LogP contribution >= 0.6 is 34.2 Å². The zero-order chi connectivity index (χ0) is 23.8. The van der Waals surface area contributed by atoms with Gasteiger partial charge in [0.05, 0.1) is 15.9 Å². The first-order chi connectivity index (χ1) is 15.9. The Morgan fingerprint density at radius 3 is 2.58 bits per heavy atom. The number of amides is 1. The van der Waals surface area contributed by atoms with Gasteiger partial charge >= 0.3 is 0 Å². The number of para-hydroxylation sites is 1. The molecule has 0 atom stereocenters. The maximum atomic E-state index is 13.8. The Hall–Kier alpha value is -3.09. The van der Waals surface area contributed by atoms with Crippen molar-refractivity contribution in [3.63, 3.8) is 0 Å². The summed E-state index contributed by atoms with van der Waals surface area (Å²) in [5.74, 6) is -0.257. The number of rotatable bonds is 8. The predicted octanol–water partition coefficient (Wildman–Crippen LogP) is 6.61. The first kappa shape index (κ1) is 24.6. The van der Waals surface area contributed by atoms with E-state index in [9.17, 15) is 14.4 Å². The number of benzene rings is 3. The Labute approximate surface area is 209 Å². The molecule has 33 heavy (non-hydrogen) atoms. The van der Waals surface area contributed by atoms with Gasteiger partial charge in [-0.05, 0) is 83.1 Å². The fourth-order valence-corrected chi connectivity index (χ4v) is 3.78. The average molecular weight is 577 g/mol. The van der Waals surface area contributed by atoms with E-state index in [1.54, 1.807) is 30.3 Å². The summed E-state index contributed by atoms with van der Waals surface area (Å²) in [5.41, 5.74) is 1.34. The number of hydrogen-bond donors (Lipinski definition) is 1. The van der Waals surface area contributed by atoms with Crippen LogP contribution in [0.25, 0.3) is 6.08 Å². The van der Waals surface area contributed by atoms with Gasteiger partial charge in [0.1, 0.15) is 24.1 Å². The van der Waals surface area contributed by atoms with E-state index in [2.05, 4.69) is 27.9 Å². The highest BCUT2D eigenvalue weighted by Gasteiger charge is 2.15. The molecule has 0 saturated carbocycles. The molecule has 0 aromatic heterocycles. The number of nitrogens with one attached hydrogen (secondary N) is 1. The molecular weight excluding hydrogens is 558 g/mol. The minimum atomic E-state index is -0.710. The van der Waals surface area contributed by atoms with Crippen molar-refractivity contribution in [1.29, 1.82) is 5.26 Å². The number of halogens is 3. The molecule has 0 saturated heterocycles. The van der Waals surface area contributed by atoms with Crippen molar-refractivity contribution in [3.05, 3.63) is 91.8 Å². The molecule has 0 spiro atoms. The third-order valence-corrected chi connectivity index (χ3v) is 5.48. The summed E-state index contributed by atoms with van der Waals surface area (Å²) in [4.78, 5) is 12.5. The first-order valence-corrected chi connectivity index (χ1v) is 11.4. The lowest BCUT2D eigenvalue weighted by atomic mass is 10.1. The Bertz CT molecular complexity index is 1220. The molecule has 1 amide bonds. The second kappa shape index (κ2) is 11.7. The Balaban J connectivity index is 1.85. The number of nitrogens with zero attached hydrogens (tertiary/aromatic N) is 1. The lowest BCUT2D eigenvalue weighted by Crippen LogP contribution is -2.14. The number of carbonyl (C=O) groups excluding carboxylic acids is 1. The number of ether oxygens (including phenoxy) is 2. The van der Waals surface area contributed by atoms with Gasteiger partial charge < -0.3 is 14.8 Å². The van der Waals surface area contributed by atoms with Gasteiger partial charge in [-0.1, -0.05) is 35.9 Å². The number of carbonyl (C=O) groups is 1. The van der Waals surface area contributed by atoms with Gasteiger partial charge in [0, 0.05) is 5.02 Å². The highest BCUT2D eigenvalue weighted by molar-refractivity contribution is 14.1. The molecule has 3 aromatic carbocycles.